The van der Waals surface area contributed by atoms with Gasteiger partial charge in [0.1, 0.15) is 0 Å². The Morgan fingerprint density at radius 3 is 2.75 bits per heavy atom. The van der Waals surface area contributed by atoms with Crippen molar-refractivity contribution in [2.45, 2.75) is 46.0 Å². The molecular weight excluding hydrogens is 278 g/mol. The van der Waals surface area contributed by atoms with Crippen LogP contribution in [0, 0.1) is 17.3 Å². The number of hydrogen-bond acceptors (Lipinski definition) is 3. The summed E-state index contributed by atoms with van der Waals surface area (Å²) in [5.74, 6) is -0.551. The van der Waals surface area contributed by atoms with E-state index < -0.39 is 21.4 Å². The van der Waals surface area contributed by atoms with Gasteiger partial charge in [0.05, 0.1) is 11.2 Å². The molecule has 6 heteroatoms. The van der Waals surface area contributed by atoms with Crippen LogP contribution in [0.3, 0.4) is 0 Å². The highest BCUT2D eigenvalue weighted by Gasteiger charge is 2.56. The predicted octanol–water partition coefficient (Wildman–Crippen LogP) is 1.94. The molecule has 1 unspecified atom stereocenters. The van der Waals surface area contributed by atoms with Crippen LogP contribution in [0.1, 0.15) is 46.0 Å². The third kappa shape index (κ3) is 2.72. The predicted molar refractivity (Wildman–Crippen MR) is 76.8 cm³/mol. The summed E-state index contributed by atoms with van der Waals surface area (Å²) >= 11 is 0. The summed E-state index contributed by atoms with van der Waals surface area (Å²) in [6.07, 6.45) is 4.21. The van der Waals surface area contributed by atoms with Gasteiger partial charge in [-0.25, -0.2) is 12.7 Å². The zero-order chi connectivity index (χ0) is 15.0. The topological polar surface area (TPSA) is 74.7 Å². The van der Waals surface area contributed by atoms with Gasteiger partial charge < -0.3 is 5.11 Å². The SMILES string of the molecule is CCCC(C)CS(=O)(=O)N1C[C@@H]2CCC[C@@]2(C(=O)O)C1. The van der Waals surface area contributed by atoms with Crippen molar-refractivity contribution in [2.24, 2.45) is 17.3 Å². The maximum Gasteiger partial charge on any atom is 0.311 e. The first-order valence-corrected chi connectivity index (χ1v) is 9.14. The molecule has 116 valence electrons. The van der Waals surface area contributed by atoms with Crippen molar-refractivity contribution >= 4 is 16.0 Å². The molecule has 2 rings (SSSR count). The number of hydrogen-bond donors (Lipinski definition) is 1. The number of carboxylic acid groups (broad SMARTS) is 1. The average Bonchev–Trinajstić information content (AvgIpc) is 2.84. The van der Waals surface area contributed by atoms with E-state index in [9.17, 15) is 18.3 Å². The van der Waals surface area contributed by atoms with E-state index in [0.717, 1.165) is 25.7 Å². The van der Waals surface area contributed by atoms with Gasteiger partial charge in [0.2, 0.25) is 10.0 Å². The lowest BCUT2D eigenvalue weighted by Gasteiger charge is -2.23. The molecule has 5 nitrogen and oxygen atoms in total. The lowest BCUT2D eigenvalue weighted by Crippen LogP contribution is -2.38. The molecule has 1 N–H and O–H groups in total. The van der Waals surface area contributed by atoms with Crippen molar-refractivity contribution in [1.29, 1.82) is 0 Å². The van der Waals surface area contributed by atoms with Crippen LogP contribution >= 0.6 is 0 Å². The molecule has 0 amide bonds. The molecule has 1 saturated heterocycles. The maximum absolute atomic E-state index is 12.4. The van der Waals surface area contributed by atoms with Crippen molar-refractivity contribution in [2.75, 3.05) is 18.8 Å². The van der Waals surface area contributed by atoms with Crippen molar-refractivity contribution in [3.05, 3.63) is 0 Å². The Bertz CT molecular complexity index is 476. The van der Waals surface area contributed by atoms with Crippen LogP contribution in [0.4, 0.5) is 0 Å². The molecule has 0 radical (unpaired) electrons. The van der Waals surface area contributed by atoms with Crippen LogP contribution in [0.2, 0.25) is 0 Å². The van der Waals surface area contributed by atoms with E-state index in [1.54, 1.807) is 0 Å². The monoisotopic (exact) mass is 303 g/mol. The molecule has 2 fully saturated rings. The second kappa shape index (κ2) is 5.64. The first-order valence-electron chi connectivity index (χ1n) is 7.53. The number of carboxylic acids is 1. The smallest absolute Gasteiger partial charge is 0.311 e. The van der Waals surface area contributed by atoms with E-state index in [2.05, 4.69) is 0 Å². The molecule has 1 aliphatic heterocycles. The summed E-state index contributed by atoms with van der Waals surface area (Å²) in [6.45, 7) is 4.56. The Morgan fingerprint density at radius 2 is 2.20 bits per heavy atom. The molecule has 0 bridgehead atoms. The molecule has 20 heavy (non-hydrogen) atoms. The normalized spacial score (nSPS) is 32.2. The van der Waals surface area contributed by atoms with Gasteiger partial charge in [-0.1, -0.05) is 26.7 Å². The number of nitrogens with zero attached hydrogens (tertiary/aromatic N) is 1. The first kappa shape index (κ1) is 15.8. The minimum atomic E-state index is -3.33. The standard InChI is InChI=1S/C14H25NO4S/c1-3-5-11(2)9-20(18,19)15-8-12-6-4-7-14(12,10-15)13(16)17/h11-12H,3-10H2,1-2H3,(H,16,17)/t11?,12-,14+/m0/s1. The second-order valence-electron chi connectivity index (χ2n) is 6.52. The van der Waals surface area contributed by atoms with Gasteiger partial charge in [0.25, 0.3) is 0 Å². The van der Waals surface area contributed by atoms with Crippen molar-refractivity contribution in [1.82, 2.24) is 4.31 Å². The van der Waals surface area contributed by atoms with Gasteiger partial charge in [0.15, 0.2) is 0 Å². The Morgan fingerprint density at radius 1 is 1.50 bits per heavy atom. The van der Waals surface area contributed by atoms with Crippen molar-refractivity contribution in [3.63, 3.8) is 0 Å². The summed E-state index contributed by atoms with van der Waals surface area (Å²) < 4.78 is 26.3. The fourth-order valence-corrected chi connectivity index (χ4v) is 5.78. The van der Waals surface area contributed by atoms with E-state index >= 15 is 0 Å². The zero-order valence-corrected chi connectivity index (χ0v) is 13.2. The maximum atomic E-state index is 12.4. The molecule has 1 heterocycles. The largest absolute Gasteiger partial charge is 0.481 e. The van der Waals surface area contributed by atoms with E-state index in [1.807, 2.05) is 13.8 Å². The van der Waals surface area contributed by atoms with Gasteiger partial charge in [-0.05, 0) is 31.1 Å². The van der Waals surface area contributed by atoms with Gasteiger partial charge in [-0.2, -0.15) is 0 Å². The molecule has 2 aliphatic rings. The van der Waals surface area contributed by atoms with Crippen LogP contribution in [0.15, 0.2) is 0 Å². The summed E-state index contributed by atoms with van der Waals surface area (Å²) in [4.78, 5) is 11.6. The Kier molecular flexibility index (Phi) is 4.44. The van der Waals surface area contributed by atoms with E-state index in [-0.39, 0.29) is 24.1 Å². The lowest BCUT2D eigenvalue weighted by molar-refractivity contribution is -0.149. The van der Waals surface area contributed by atoms with Crippen molar-refractivity contribution < 1.29 is 18.3 Å². The van der Waals surface area contributed by atoms with Crippen LogP contribution < -0.4 is 0 Å². The second-order valence-corrected chi connectivity index (χ2v) is 8.53. The Hall–Kier alpha value is -0.620. The molecule has 1 aliphatic carbocycles. The molecule has 3 atom stereocenters. The van der Waals surface area contributed by atoms with Crippen LogP contribution in [0.5, 0.6) is 0 Å². The third-order valence-electron chi connectivity index (χ3n) is 4.94. The van der Waals surface area contributed by atoms with Gasteiger partial charge in [-0.15, -0.1) is 0 Å². The molecular formula is C14H25NO4S. The highest BCUT2D eigenvalue weighted by molar-refractivity contribution is 7.89. The molecule has 0 aromatic rings. The number of sulfonamides is 1. The van der Waals surface area contributed by atoms with Crippen LogP contribution in [-0.4, -0.2) is 42.6 Å². The molecule has 0 aromatic heterocycles. The number of carbonyl (C=O) groups is 1. The minimum absolute atomic E-state index is 0.00347. The summed E-state index contributed by atoms with van der Waals surface area (Å²) in [5, 5.41) is 9.50. The summed E-state index contributed by atoms with van der Waals surface area (Å²) in [6, 6.07) is 0. The van der Waals surface area contributed by atoms with Crippen LogP contribution in [0.25, 0.3) is 0 Å². The number of fused-ring (bicyclic) bond motifs is 1. The third-order valence-corrected chi connectivity index (χ3v) is 6.99. The summed E-state index contributed by atoms with van der Waals surface area (Å²) in [7, 11) is -3.33. The minimum Gasteiger partial charge on any atom is -0.481 e. The fourth-order valence-electron chi connectivity index (χ4n) is 3.85. The molecule has 1 saturated carbocycles. The van der Waals surface area contributed by atoms with Gasteiger partial charge in [0, 0.05) is 13.1 Å². The number of rotatable bonds is 6. The van der Waals surface area contributed by atoms with Crippen LogP contribution in [-0.2, 0) is 14.8 Å². The lowest BCUT2D eigenvalue weighted by atomic mass is 9.81. The summed E-state index contributed by atoms with van der Waals surface area (Å²) in [5.41, 5.74) is -0.818. The van der Waals surface area contributed by atoms with E-state index in [0.29, 0.717) is 13.0 Å². The average molecular weight is 303 g/mol. The van der Waals surface area contributed by atoms with Crippen molar-refractivity contribution in [3.8, 4) is 0 Å². The van der Waals surface area contributed by atoms with E-state index in [1.165, 1.54) is 4.31 Å². The van der Waals surface area contributed by atoms with Gasteiger partial charge in [-0.3, -0.25) is 4.79 Å². The Labute approximate surface area is 121 Å². The quantitative estimate of drug-likeness (QED) is 0.813. The molecule has 0 aromatic carbocycles. The first-order chi connectivity index (χ1) is 9.32. The zero-order valence-electron chi connectivity index (χ0n) is 12.3. The Balaban J connectivity index is 2.10. The highest BCUT2D eigenvalue weighted by atomic mass is 32.2. The number of aliphatic carboxylic acids is 1. The highest BCUT2D eigenvalue weighted by Crippen LogP contribution is 2.49. The molecule has 0 spiro atoms. The van der Waals surface area contributed by atoms with Gasteiger partial charge >= 0.3 is 5.97 Å². The van der Waals surface area contributed by atoms with E-state index in [4.69, 9.17) is 0 Å². The fraction of sp³-hybridized carbons (Fsp3) is 0.929.